The second-order valence-corrected chi connectivity index (χ2v) is 7.91. The Morgan fingerprint density at radius 1 is 1.19 bits per heavy atom. The van der Waals surface area contributed by atoms with Gasteiger partial charge in [0, 0.05) is 18.8 Å². The number of hydrogen-bond donors (Lipinski definition) is 2. The molecule has 32 heavy (non-hydrogen) atoms. The van der Waals surface area contributed by atoms with E-state index in [-0.39, 0.29) is 23.8 Å². The molecular weight excluding hydrogens is 423 g/mol. The summed E-state index contributed by atoms with van der Waals surface area (Å²) in [4.78, 5) is 40.2. The van der Waals surface area contributed by atoms with E-state index in [0.29, 0.717) is 25.8 Å². The van der Waals surface area contributed by atoms with Gasteiger partial charge in [-0.2, -0.15) is 4.39 Å². The molecule has 2 N–H and O–H groups in total. The summed E-state index contributed by atoms with van der Waals surface area (Å²) in [5.74, 6) is -1.51. The van der Waals surface area contributed by atoms with Crippen LogP contribution in [0, 0.1) is 5.95 Å². The molecule has 174 valence electrons. The number of nitrogens with one attached hydrogen (secondary N) is 2. The minimum atomic E-state index is -0.860. The lowest BCUT2D eigenvalue weighted by Crippen LogP contribution is -2.43. The molecule has 0 spiro atoms. The number of alkyl carbamates (subject to hydrolysis) is 1. The summed E-state index contributed by atoms with van der Waals surface area (Å²) in [6, 6.07) is 2.92. The Bertz CT molecular complexity index is 881. The van der Waals surface area contributed by atoms with Gasteiger partial charge in [-0.3, -0.25) is 9.59 Å². The van der Waals surface area contributed by atoms with Crippen LogP contribution in [-0.2, 0) is 9.53 Å². The zero-order chi connectivity index (χ0) is 23.6. The minimum absolute atomic E-state index is 0.119. The van der Waals surface area contributed by atoms with Crippen molar-refractivity contribution in [3.63, 3.8) is 0 Å². The quantitative estimate of drug-likeness (QED) is 0.394. The second-order valence-electron chi connectivity index (χ2n) is 7.91. The molecule has 10 nitrogen and oxygen atoms in total. The van der Waals surface area contributed by atoms with Gasteiger partial charge < -0.3 is 24.6 Å². The fraction of sp³-hybridized carbons (Fsp3) is 0.476. The van der Waals surface area contributed by atoms with Crippen molar-refractivity contribution in [1.29, 1.82) is 0 Å². The van der Waals surface area contributed by atoms with Crippen molar-refractivity contribution in [1.82, 2.24) is 20.8 Å². The SMILES string of the molecule is CC(C)(C)OC(=O)NCCCC[C@H](NC(=O)c1ccc(F)nc1)C(=O)COc1ccon1. The highest BCUT2D eigenvalue weighted by molar-refractivity contribution is 5.98. The minimum Gasteiger partial charge on any atom is -0.467 e. The maximum Gasteiger partial charge on any atom is 0.407 e. The third kappa shape index (κ3) is 9.11. The number of pyridine rings is 1. The molecule has 0 aliphatic rings. The molecule has 0 aromatic carbocycles. The summed E-state index contributed by atoms with van der Waals surface area (Å²) in [6.45, 7) is 5.33. The average molecular weight is 450 g/mol. The summed E-state index contributed by atoms with van der Waals surface area (Å²) in [6.07, 6.45) is 3.25. The Labute approximate surface area is 184 Å². The van der Waals surface area contributed by atoms with E-state index in [2.05, 4.69) is 25.3 Å². The fourth-order valence-corrected chi connectivity index (χ4v) is 2.57. The zero-order valence-electron chi connectivity index (χ0n) is 18.2. The topological polar surface area (TPSA) is 133 Å². The maximum absolute atomic E-state index is 13.0. The van der Waals surface area contributed by atoms with Crippen LogP contribution in [0.25, 0.3) is 0 Å². The third-order valence-electron chi connectivity index (χ3n) is 4.05. The molecule has 2 rings (SSSR count). The van der Waals surface area contributed by atoms with E-state index in [0.717, 1.165) is 12.3 Å². The first-order valence-electron chi connectivity index (χ1n) is 10.1. The first-order chi connectivity index (χ1) is 15.1. The molecule has 2 amide bonds. The number of amides is 2. The summed E-state index contributed by atoms with van der Waals surface area (Å²) in [7, 11) is 0. The summed E-state index contributed by atoms with van der Waals surface area (Å²) >= 11 is 0. The lowest BCUT2D eigenvalue weighted by molar-refractivity contribution is -0.123. The molecule has 0 aliphatic heterocycles. The van der Waals surface area contributed by atoms with E-state index in [1.54, 1.807) is 20.8 Å². The van der Waals surface area contributed by atoms with E-state index in [4.69, 9.17) is 9.47 Å². The second kappa shape index (κ2) is 11.8. The molecule has 11 heteroatoms. The van der Waals surface area contributed by atoms with Crippen LogP contribution in [-0.4, -0.2) is 52.7 Å². The van der Waals surface area contributed by atoms with Crippen LogP contribution < -0.4 is 15.4 Å². The highest BCUT2D eigenvalue weighted by Crippen LogP contribution is 2.09. The fourth-order valence-electron chi connectivity index (χ4n) is 2.57. The van der Waals surface area contributed by atoms with Crippen LogP contribution in [0.4, 0.5) is 9.18 Å². The molecule has 2 heterocycles. The maximum atomic E-state index is 13.0. The van der Waals surface area contributed by atoms with E-state index in [1.165, 1.54) is 18.4 Å². The largest absolute Gasteiger partial charge is 0.467 e. The normalized spacial score (nSPS) is 12.0. The monoisotopic (exact) mass is 450 g/mol. The number of carbonyl (C=O) groups is 3. The van der Waals surface area contributed by atoms with Crippen LogP contribution in [0.5, 0.6) is 5.88 Å². The van der Waals surface area contributed by atoms with Crippen molar-refractivity contribution in [3.05, 3.63) is 42.2 Å². The molecule has 2 aromatic heterocycles. The molecule has 0 unspecified atom stereocenters. The number of ether oxygens (including phenoxy) is 2. The Hall–Kier alpha value is -3.50. The molecule has 0 saturated carbocycles. The lowest BCUT2D eigenvalue weighted by Gasteiger charge is -2.20. The Kier molecular flexibility index (Phi) is 9.11. The van der Waals surface area contributed by atoms with Gasteiger partial charge in [0.15, 0.2) is 12.4 Å². The van der Waals surface area contributed by atoms with Gasteiger partial charge in [0.2, 0.25) is 5.95 Å². The predicted molar refractivity (Wildman–Crippen MR) is 111 cm³/mol. The number of aromatic nitrogens is 2. The lowest BCUT2D eigenvalue weighted by atomic mass is 10.0. The van der Waals surface area contributed by atoms with Crippen LogP contribution >= 0.6 is 0 Å². The van der Waals surface area contributed by atoms with Gasteiger partial charge in [-0.1, -0.05) is 0 Å². The molecule has 0 bridgehead atoms. The molecule has 0 saturated heterocycles. The van der Waals surface area contributed by atoms with Gasteiger partial charge in [-0.05, 0) is 57.3 Å². The van der Waals surface area contributed by atoms with E-state index < -0.39 is 29.6 Å². The van der Waals surface area contributed by atoms with Crippen molar-refractivity contribution in [2.24, 2.45) is 0 Å². The number of ketones is 1. The Morgan fingerprint density at radius 3 is 2.59 bits per heavy atom. The van der Waals surface area contributed by atoms with E-state index >= 15 is 0 Å². The van der Waals surface area contributed by atoms with E-state index in [9.17, 15) is 18.8 Å². The van der Waals surface area contributed by atoms with E-state index in [1.807, 2.05) is 0 Å². The molecule has 2 aromatic rings. The van der Waals surface area contributed by atoms with Crippen LogP contribution in [0.3, 0.4) is 0 Å². The number of unbranched alkanes of at least 4 members (excludes halogenated alkanes) is 1. The van der Waals surface area contributed by atoms with Gasteiger partial charge >= 0.3 is 6.09 Å². The number of halogens is 1. The highest BCUT2D eigenvalue weighted by Gasteiger charge is 2.22. The van der Waals surface area contributed by atoms with Crippen molar-refractivity contribution < 1.29 is 32.8 Å². The van der Waals surface area contributed by atoms with Gasteiger partial charge in [0.25, 0.3) is 11.8 Å². The number of nitrogens with zero attached hydrogens (tertiary/aromatic N) is 2. The van der Waals surface area contributed by atoms with Crippen LogP contribution in [0.15, 0.2) is 35.2 Å². The first-order valence-corrected chi connectivity index (χ1v) is 10.1. The van der Waals surface area contributed by atoms with Gasteiger partial charge in [-0.15, -0.1) is 0 Å². The standard InChI is InChI=1S/C21H27FN4O6/c1-21(2,3)32-20(29)23-10-5-4-6-15(16(27)13-30-18-9-11-31-26-18)25-19(28)14-7-8-17(22)24-12-14/h7-9,11-12,15H,4-6,10,13H2,1-3H3,(H,23,29)(H,25,28)/t15-/m0/s1. The summed E-state index contributed by atoms with van der Waals surface area (Å²) < 4.78 is 28.1. The number of carbonyl (C=O) groups excluding carboxylic acids is 3. The highest BCUT2D eigenvalue weighted by atomic mass is 19.1. The van der Waals surface area contributed by atoms with Crippen molar-refractivity contribution in [2.75, 3.05) is 13.2 Å². The Balaban J connectivity index is 1.88. The number of hydrogen-bond acceptors (Lipinski definition) is 8. The van der Waals surface area contributed by atoms with Crippen molar-refractivity contribution in [2.45, 2.75) is 51.7 Å². The predicted octanol–water partition coefficient (Wildman–Crippen LogP) is 2.65. The molecule has 0 radical (unpaired) electrons. The van der Waals surface area contributed by atoms with Crippen molar-refractivity contribution in [3.8, 4) is 5.88 Å². The third-order valence-corrected chi connectivity index (χ3v) is 4.05. The summed E-state index contributed by atoms with van der Waals surface area (Å²) in [5.41, 5.74) is -0.474. The average Bonchev–Trinajstić information content (AvgIpc) is 3.23. The number of Topliss-reactive ketones (excluding diaryl/α,β-unsaturated/α-hetero) is 1. The van der Waals surface area contributed by atoms with Gasteiger partial charge in [0.05, 0.1) is 11.6 Å². The van der Waals surface area contributed by atoms with Crippen molar-refractivity contribution >= 4 is 17.8 Å². The molecular formula is C21H27FN4O6. The number of rotatable bonds is 11. The first kappa shape index (κ1) is 24.8. The van der Waals surface area contributed by atoms with Crippen LogP contribution in [0.1, 0.15) is 50.4 Å². The molecule has 1 atom stereocenters. The van der Waals surface area contributed by atoms with Gasteiger partial charge in [-0.25, -0.2) is 9.78 Å². The molecule has 0 aliphatic carbocycles. The zero-order valence-corrected chi connectivity index (χ0v) is 18.2. The summed E-state index contributed by atoms with van der Waals surface area (Å²) in [5, 5.41) is 8.82. The smallest absolute Gasteiger partial charge is 0.407 e. The van der Waals surface area contributed by atoms with Gasteiger partial charge in [0.1, 0.15) is 11.9 Å². The molecule has 0 fully saturated rings. The van der Waals surface area contributed by atoms with Crippen LogP contribution in [0.2, 0.25) is 0 Å². The Morgan fingerprint density at radius 2 is 1.97 bits per heavy atom.